The maximum absolute atomic E-state index is 11.5. The minimum atomic E-state index is -0.354. The smallest absolute Gasteiger partial charge is 0.244 e. The van der Waals surface area contributed by atoms with E-state index in [0.717, 1.165) is 0 Å². The van der Waals surface area contributed by atoms with E-state index >= 15 is 0 Å². The van der Waals surface area contributed by atoms with Gasteiger partial charge in [-0.3, -0.25) is 9.78 Å². The van der Waals surface area contributed by atoms with Crippen molar-refractivity contribution < 1.29 is 4.79 Å². The molecule has 1 aromatic heterocycles. The molecule has 0 aliphatic heterocycles. The zero-order valence-corrected chi connectivity index (χ0v) is 9.62. The van der Waals surface area contributed by atoms with E-state index in [9.17, 15) is 4.79 Å². The molecule has 0 spiro atoms. The summed E-state index contributed by atoms with van der Waals surface area (Å²) in [6, 6.07) is -0.354. The Labute approximate surface area is 93.5 Å². The third-order valence-electron chi connectivity index (χ3n) is 1.78. The summed E-state index contributed by atoms with van der Waals surface area (Å²) >= 11 is 5.66. The number of amides is 1. The fourth-order valence-corrected chi connectivity index (χ4v) is 1.23. The molecule has 1 atom stereocenters. The summed E-state index contributed by atoms with van der Waals surface area (Å²) < 4.78 is 0. The van der Waals surface area contributed by atoms with Crippen LogP contribution >= 0.6 is 11.6 Å². The second-order valence-electron chi connectivity index (χ2n) is 3.33. The minimum Gasteiger partial charge on any atom is -0.357 e. The molecular formula is C9H13ClN4O. The van der Waals surface area contributed by atoms with Gasteiger partial charge >= 0.3 is 0 Å². The lowest BCUT2D eigenvalue weighted by Gasteiger charge is -2.18. The van der Waals surface area contributed by atoms with E-state index in [1.54, 1.807) is 21.0 Å². The third-order valence-corrected chi connectivity index (χ3v) is 1.96. The zero-order valence-electron chi connectivity index (χ0n) is 8.86. The minimum absolute atomic E-state index is 0.0308. The van der Waals surface area contributed by atoms with Gasteiger partial charge in [-0.1, -0.05) is 11.6 Å². The summed E-state index contributed by atoms with van der Waals surface area (Å²) in [6.45, 7) is 1.75. The van der Waals surface area contributed by atoms with Crippen LogP contribution in [0.25, 0.3) is 0 Å². The average Bonchev–Trinajstić information content (AvgIpc) is 2.16. The van der Waals surface area contributed by atoms with Crippen molar-refractivity contribution in [1.29, 1.82) is 0 Å². The van der Waals surface area contributed by atoms with Crippen LogP contribution in [0.1, 0.15) is 6.92 Å². The first kappa shape index (κ1) is 11.7. The lowest BCUT2D eigenvalue weighted by Crippen LogP contribution is -2.36. The molecule has 0 unspecified atom stereocenters. The zero-order chi connectivity index (χ0) is 11.4. The van der Waals surface area contributed by atoms with Crippen molar-refractivity contribution in [2.75, 3.05) is 19.4 Å². The fourth-order valence-electron chi connectivity index (χ4n) is 1.08. The molecule has 6 heteroatoms. The Balaban J connectivity index is 2.66. The van der Waals surface area contributed by atoms with E-state index in [4.69, 9.17) is 11.6 Å². The van der Waals surface area contributed by atoms with Gasteiger partial charge in [-0.2, -0.15) is 0 Å². The molecule has 5 nitrogen and oxygen atoms in total. The molecule has 1 N–H and O–H groups in total. The summed E-state index contributed by atoms with van der Waals surface area (Å²) in [7, 11) is 3.40. The van der Waals surface area contributed by atoms with Gasteiger partial charge in [0.25, 0.3) is 0 Å². The Kier molecular flexibility index (Phi) is 3.85. The van der Waals surface area contributed by atoms with Crippen LogP contribution < -0.4 is 5.32 Å². The van der Waals surface area contributed by atoms with E-state index in [1.807, 2.05) is 0 Å². The molecule has 1 amide bonds. The van der Waals surface area contributed by atoms with Crippen molar-refractivity contribution in [3.05, 3.63) is 17.5 Å². The molecule has 0 aromatic carbocycles. The Bertz CT molecular complexity index is 356. The highest BCUT2D eigenvalue weighted by atomic mass is 35.5. The molecule has 82 valence electrons. The molecule has 0 saturated carbocycles. The normalized spacial score (nSPS) is 12.0. The van der Waals surface area contributed by atoms with Crippen LogP contribution in [0.15, 0.2) is 12.4 Å². The van der Waals surface area contributed by atoms with Crippen LogP contribution in [0.5, 0.6) is 0 Å². The van der Waals surface area contributed by atoms with Crippen LogP contribution in [0.3, 0.4) is 0 Å². The van der Waals surface area contributed by atoms with Crippen molar-refractivity contribution >= 4 is 23.3 Å². The van der Waals surface area contributed by atoms with Gasteiger partial charge in [0.1, 0.15) is 17.0 Å². The number of anilines is 1. The van der Waals surface area contributed by atoms with Crippen LogP contribution in [-0.2, 0) is 4.79 Å². The van der Waals surface area contributed by atoms with Gasteiger partial charge < -0.3 is 10.2 Å². The lowest BCUT2D eigenvalue weighted by atomic mass is 10.3. The van der Waals surface area contributed by atoms with Gasteiger partial charge in [0.15, 0.2) is 0 Å². The Hall–Kier alpha value is -1.36. The number of hydrogen-bond donors (Lipinski definition) is 1. The van der Waals surface area contributed by atoms with Gasteiger partial charge in [-0.05, 0) is 6.92 Å². The molecular weight excluding hydrogens is 216 g/mol. The third kappa shape index (κ3) is 3.36. The van der Waals surface area contributed by atoms with Gasteiger partial charge in [-0.15, -0.1) is 0 Å². The maximum atomic E-state index is 11.5. The second kappa shape index (κ2) is 4.93. The highest BCUT2D eigenvalue weighted by molar-refractivity contribution is 6.29. The maximum Gasteiger partial charge on any atom is 0.244 e. The van der Waals surface area contributed by atoms with Crippen LogP contribution in [0.4, 0.5) is 5.82 Å². The van der Waals surface area contributed by atoms with Gasteiger partial charge in [0, 0.05) is 14.1 Å². The number of rotatable bonds is 3. The van der Waals surface area contributed by atoms with Crippen molar-refractivity contribution in [3.63, 3.8) is 0 Å². The van der Waals surface area contributed by atoms with E-state index in [0.29, 0.717) is 11.0 Å². The number of carbonyl (C=O) groups is 1. The molecule has 0 aliphatic carbocycles. The average molecular weight is 229 g/mol. The fraction of sp³-hybridized carbons (Fsp3) is 0.444. The molecule has 0 aliphatic rings. The van der Waals surface area contributed by atoms with E-state index < -0.39 is 0 Å². The molecule has 0 bridgehead atoms. The number of aromatic nitrogens is 2. The largest absolute Gasteiger partial charge is 0.357 e. The summed E-state index contributed by atoms with van der Waals surface area (Å²) in [5.74, 6) is 0.460. The first-order valence-corrected chi connectivity index (χ1v) is 4.83. The van der Waals surface area contributed by atoms with E-state index in [1.165, 1.54) is 17.3 Å². The summed E-state index contributed by atoms with van der Waals surface area (Å²) in [4.78, 5) is 20.9. The quantitative estimate of drug-likeness (QED) is 0.839. The van der Waals surface area contributed by atoms with Crippen molar-refractivity contribution in [2.24, 2.45) is 0 Å². The standard InChI is InChI=1S/C9H13ClN4O/c1-6(9(15)14(2)3)12-8-5-11-4-7(10)13-8/h4-6H,1-3H3,(H,12,13)/t6-/m0/s1. The van der Waals surface area contributed by atoms with Crippen LogP contribution in [0, 0.1) is 0 Å². The van der Waals surface area contributed by atoms with Crippen molar-refractivity contribution in [1.82, 2.24) is 14.9 Å². The van der Waals surface area contributed by atoms with Crippen LogP contribution in [0.2, 0.25) is 5.15 Å². The highest BCUT2D eigenvalue weighted by Gasteiger charge is 2.14. The number of halogens is 1. The number of hydrogen-bond acceptors (Lipinski definition) is 4. The Morgan fingerprint density at radius 1 is 1.53 bits per heavy atom. The topological polar surface area (TPSA) is 58.1 Å². The van der Waals surface area contributed by atoms with Crippen molar-refractivity contribution in [2.45, 2.75) is 13.0 Å². The second-order valence-corrected chi connectivity index (χ2v) is 3.71. The Morgan fingerprint density at radius 3 is 2.73 bits per heavy atom. The first-order chi connectivity index (χ1) is 7.00. The van der Waals surface area contributed by atoms with E-state index in [-0.39, 0.29) is 11.9 Å². The Morgan fingerprint density at radius 2 is 2.20 bits per heavy atom. The van der Waals surface area contributed by atoms with Crippen LogP contribution in [-0.4, -0.2) is 40.9 Å². The SMILES string of the molecule is C[C@H](Nc1cncc(Cl)n1)C(=O)N(C)C. The molecule has 0 fully saturated rings. The van der Waals surface area contributed by atoms with E-state index in [2.05, 4.69) is 15.3 Å². The summed E-state index contributed by atoms with van der Waals surface area (Å²) in [5.41, 5.74) is 0. The summed E-state index contributed by atoms with van der Waals surface area (Å²) in [6.07, 6.45) is 2.95. The highest BCUT2D eigenvalue weighted by Crippen LogP contribution is 2.08. The summed E-state index contributed by atoms with van der Waals surface area (Å²) in [5, 5.41) is 3.21. The number of nitrogens with one attached hydrogen (secondary N) is 1. The monoisotopic (exact) mass is 228 g/mol. The van der Waals surface area contributed by atoms with Crippen molar-refractivity contribution in [3.8, 4) is 0 Å². The molecule has 1 rings (SSSR count). The molecule has 0 saturated heterocycles. The van der Waals surface area contributed by atoms with Gasteiger partial charge in [0.05, 0.1) is 12.4 Å². The molecule has 1 heterocycles. The first-order valence-electron chi connectivity index (χ1n) is 4.46. The molecule has 15 heavy (non-hydrogen) atoms. The predicted molar refractivity (Wildman–Crippen MR) is 58.8 cm³/mol. The molecule has 0 radical (unpaired) electrons. The predicted octanol–water partition coefficient (Wildman–Crippen LogP) is 1.02. The number of carbonyl (C=O) groups excluding carboxylic acids is 1. The van der Waals surface area contributed by atoms with Gasteiger partial charge in [-0.25, -0.2) is 4.98 Å². The molecule has 1 aromatic rings. The number of nitrogens with zero attached hydrogens (tertiary/aromatic N) is 3. The lowest BCUT2D eigenvalue weighted by molar-refractivity contribution is -0.129. The number of likely N-dealkylation sites (N-methyl/N-ethyl adjacent to an activating group) is 1. The van der Waals surface area contributed by atoms with Gasteiger partial charge in [0.2, 0.25) is 5.91 Å².